The van der Waals surface area contributed by atoms with Gasteiger partial charge in [0.05, 0.1) is 12.5 Å². The fraction of sp³-hybridized carbons (Fsp3) is 0.500. The molecule has 1 atom stereocenters. The molecule has 0 fully saturated rings. The van der Waals surface area contributed by atoms with E-state index in [2.05, 4.69) is 10.6 Å². The Labute approximate surface area is 105 Å². The minimum atomic E-state index is -1.05. The lowest BCUT2D eigenvalue weighted by Gasteiger charge is -2.27. The van der Waals surface area contributed by atoms with Gasteiger partial charge in [0.25, 0.3) is 0 Å². The molecule has 6 nitrogen and oxygen atoms in total. The number of aliphatic carboxylic acids is 1. The highest BCUT2D eigenvalue weighted by atomic mass is 16.4. The van der Waals surface area contributed by atoms with Gasteiger partial charge in [-0.3, -0.25) is 0 Å². The largest absolute Gasteiger partial charge is 0.480 e. The first kappa shape index (κ1) is 14.1. The zero-order chi connectivity index (χ0) is 13.8. The molecule has 1 aromatic heterocycles. The van der Waals surface area contributed by atoms with Crippen molar-refractivity contribution in [2.75, 3.05) is 0 Å². The number of rotatable bonds is 4. The van der Waals surface area contributed by atoms with Crippen LogP contribution in [-0.2, 0) is 11.3 Å². The number of urea groups is 1. The smallest absolute Gasteiger partial charge is 0.326 e. The van der Waals surface area contributed by atoms with Crippen LogP contribution in [0, 0.1) is 5.41 Å². The van der Waals surface area contributed by atoms with Crippen LogP contribution in [0.15, 0.2) is 23.0 Å². The summed E-state index contributed by atoms with van der Waals surface area (Å²) in [6.45, 7) is 5.55. The summed E-state index contributed by atoms with van der Waals surface area (Å²) in [5.74, 6) is -1.05. The third kappa shape index (κ3) is 4.12. The Morgan fingerprint density at radius 3 is 2.56 bits per heavy atom. The maximum atomic E-state index is 11.6. The summed E-state index contributed by atoms with van der Waals surface area (Å²) in [5, 5.41) is 14.1. The van der Waals surface area contributed by atoms with Crippen LogP contribution >= 0.6 is 0 Å². The highest BCUT2D eigenvalue weighted by Crippen LogP contribution is 2.19. The summed E-state index contributed by atoms with van der Waals surface area (Å²) in [6, 6.07) is 0.263. The molecule has 2 amide bonds. The predicted molar refractivity (Wildman–Crippen MR) is 65.0 cm³/mol. The second-order valence-corrected chi connectivity index (χ2v) is 5.10. The number of furan rings is 1. The van der Waals surface area contributed by atoms with E-state index in [1.54, 1.807) is 26.8 Å². The molecular weight excluding hydrogens is 236 g/mol. The molecular formula is C12H18N2O4. The SMILES string of the molecule is CC(C)(C)[C@H](NC(=O)NCc1ccoc1)C(=O)O. The van der Waals surface area contributed by atoms with Gasteiger partial charge in [-0.25, -0.2) is 9.59 Å². The average Bonchev–Trinajstić information content (AvgIpc) is 2.73. The number of hydrogen-bond donors (Lipinski definition) is 3. The number of carboxylic acid groups (broad SMARTS) is 1. The van der Waals surface area contributed by atoms with Gasteiger partial charge in [0.15, 0.2) is 0 Å². The van der Waals surface area contributed by atoms with E-state index in [9.17, 15) is 9.59 Å². The van der Waals surface area contributed by atoms with Crippen molar-refractivity contribution in [1.82, 2.24) is 10.6 Å². The van der Waals surface area contributed by atoms with E-state index in [1.165, 1.54) is 12.5 Å². The van der Waals surface area contributed by atoms with E-state index in [1.807, 2.05) is 0 Å². The number of amides is 2. The topological polar surface area (TPSA) is 91.6 Å². The summed E-state index contributed by atoms with van der Waals surface area (Å²) in [4.78, 5) is 22.6. The van der Waals surface area contributed by atoms with Crippen LogP contribution in [-0.4, -0.2) is 23.1 Å². The van der Waals surface area contributed by atoms with Crippen LogP contribution in [0.2, 0.25) is 0 Å². The first-order valence-corrected chi connectivity index (χ1v) is 5.59. The molecule has 6 heteroatoms. The van der Waals surface area contributed by atoms with Crippen molar-refractivity contribution < 1.29 is 19.1 Å². The minimum absolute atomic E-state index is 0.290. The quantitative estimate of drug-likeness (QED) is 0.760. The van der Waals surface area contributed by atoms with Gasteiger partial charge < -0.3 is 20.2 Å². The Balaban J connectivity index is 2.49. The Kier molecular flexibility index (Phi) is 4.36. The molecule has 0 unspecified atom stereocenters. The fourth-order valence-electron chi connectivity index (χ4n) is 1.41. The first-order valence-electron chi connectivity index (χ1n) is 5.59. The molecule has 0 spiro atoms. The number of carbonyl (C=O) groups is 2. The lowest BCUT2D eigenvalue weighted by atomic mass is 9.87. The van der Waals surface area contributed by atoms with E-state index in [-0.39, 0.29) is 0 Å². The van der Waals surface area contributed by atoms with Gasteiger partial charge in [-0.15, -0.1) is 0 Å². The van der Waals surface area contributed by atoms with E-state index in [0.29, 0.717) is 6.54 Å². The van der Waals surface area contributed by atoms with E-state index < -0.39 is 23.5 Å². The summed E-state index contributed by atoms with van der Waals surface area (Å²) in [7, 11) is 0. The molecule has 0 saturated carbocycles. The molecule has 0 bridgehead atoms. The van der Waals surface area contributed by atoms with Crippen molar-refractivity contribution in [1.29, 1.82) is 0 Å². The second kappa shape index (κ2) is 5.57. The average molecular weight is 254 g/mol. The normalized spacial score (nSPS) is 12.8. The zero-order valence-electron chi connectivity index (χ0n) is 10.7. The fourth-order valence-corrected chi connectivity index (χ4v) is 1.41. The summed E-state index contributed by atoms with van der Waals surface area (Å²) in [5.41, 5.74) is 0.256. The van der Waals surface area contributed by atoms with Crippen molar-refractivity contribution >= 4 is 12.0 Å². The monoisotopic (exact) mass is 254 g/mol. The zero-order valence-corrected chi connectivity index (χ0v) is 10.7. The van der Waals surface area contributed by atoms with Gasteiger partial charge in [-0.2, -0.15) is 0 Å². The van der Waals surface area contributed by atoms with Crippen LogP contribution < -0.4 is 10.6 Å². The highest BCUT2D eigenvalue weighted by Gasteiger charge is 2.32. The van der Waals surface area contributed by atoms with Gasteiger partial charge in [0.1, 0.15) is 6.04 Å². The number of carboxylic acids is 1. The standard InChI is InChI=1S/C12H18N2O4/c1-12(2,3)9(10(15)16)14-11(17)13-6-8-4-5-18-7-8/h4-5,7,9H,6H2,1-3H3,(H,15,16)(H2,13,14,17)/t9-/m1/s1. The molecule has 0 aromatic carbocycles. The van der Waals surface area contributed by atoms with Crippen molar-refractivity contribution in [3.05, 3.63) is 24.2 Å². The molecule has 0 aliphatic rings. The highest BCUT2D eigenvalue weighted by molar-refractivity contribution is 5.83. The van der Waals surface area contributed by atoms with Crippen molar-refractivity contribution in [3.63, 3.8) is 0 Å². The van der Waals surface area contributed by atoms with E-state index in [4.69, 9.17) is 9.52 Å². The Hall–Kier alpha value is -1.98. The third-order valence-corrected chi connectivity index (χ3v) is 2.42. The van der Waals surface area contributed by atoms with Crippen molar-refractivity contribution in [3.8, 4) is 0 Å². The lowest BCUT2D eigenvalue weighted by Crippen LogP contribution is -2.52. The summed E-state index contributed by atoms with van der Waals surface area (Å²) in [6.07, 6.45) is 3.02. The number of nitrogens with one attached hydrogen (secondary N) is 2. The van der Waals surface area contributed by atoms with Gasteiger partial charge in [-0.1, -0.05) is 20.8 Å². The molecule has 3 N–H and O–H groups in total. The van der Waals surface area contributed by atoms with Crippen LogP contribution in [0.25, 0.3) is 0 Å². The molecule has 1 rings (SSSR count). The van der Waals surface area contributed by atoms with Crippen LogP contribution in [0.4, 0.5) is 4.79 Å². The predicted octanol–water partition coefficient (Wildman–Crippen LogP) is 1.58. The summed E-state index contributed by atoms with van der Waals surface area (Å²) < 4.78 is 4.85. The van der Waals surface area contributed by atoms with E-state index >= 15 is 0 Å². The molecule has 0 saturated heterocycles. The first-order chi connectivity index (χ1) is 8.30. The Morgan fingerprint density at radius 2 is 2.11 bits per heavy atom. The van der Waals surface area contributed by atoms with Crippen molar-refractivity contribution in [2.45, 2.75) is 33.4 Å². The summed E-state index contributed by atoms with van der Waals surface area (Å²) >= 11 is 0. The number of carbonyl (C=O) groups excluding carboxylic acids is 1. The lowest BCUT2D eigenvalue weighted by molar-refractivity contribution is -0.141. The molecule has 0 aliphatic carbocycles. The molecule has 0 aliphatic heterocycles. The van der Waals surface area contributed by atoms with Crippen LogP contribution in [0.5, 0.6) is 0 Å². The van der Waals surface area contributed by atoms with Crippen LogP contribution in [0.3, 0.4) is 0 Å². The Morgan fingerprint density at radius 1 is 1.44 bits per heavy atom. The second-order valence-electron chi connectivity index (χ2n) is 5.10. The molecule has 1 aromatic rings. The van der Waals surface area contributed by atoms with Gasteiger partial charge in [0.2, 0.25) is 0 Å². The minimum Gasteiger partial charge on any atom is -0.480 e. The van der Waals surface area contributed by atoms with Gasteiger partial charge in [-0.05, 0) is 11.5 Å². The Bertz CT molecular complexity index is 406. The number of hydrogen-bond acceptors (Lipinski definition) is 3. The van der Waals surface area contributed by atoms with Crippen LogP contribution in [0.1, 0.15) is 26.3 Å². The third-order valence-electron chi connectivity index (χ3n) is 2.42. The van der Waals surface area contributed by atoms with Gasteiger partial charge >= 0.3 is 12.0 Å². The van der Waals surface area contributed by atoms with Gasteiger partial charge in [0, 0.05) is 12.1 Å². The molecule has 100 valence electrons. The molecule has 0 radical (unpaired) electrons. The van der Waals surface area contributed by atoms with E-state index in [0.717, 1.165) is 5.56 Å². The maximum absolute atomic E-state index is 11.6. The maximum Gasteiger partial charge on any atom is 0.326 e. The molecule has 18 heavy (non-hydrogen) atoms. The van der Waals surface area contributed by atoms with Crippen molar-refractivity contribution in [2.24, 2.45) is 5.41 Å². The molecule has 1 heterocycles.